The minimum atomic E-state index is -0.387. The summed E-state index contributed by atoms with van der Waals surface area (Å²) in [6.45, 7) is 0.482. The van der Waals surface area contributed by atoms with Gasteiger partial charge in [-0.25, -0.2) is 4.39 Å². The Hall–Kier alpha value is -0.900. The molecule has 0 radical (unpaired) electrons. The Morgan fingerprint density at radius 1 is 1.16 bits per heavy atom. The Balaban J connectivity index is 2.30. The van der Waals surface area contributed by atoms with Crippen LogP contribution in [0.3, 0.4) is 0 Å². The Kier molecular flexibility index (Phi) is 4.97. The summed E-state index contributed by atoms with van der Waals surface area (Å²) in [7, 11) is 0. The summed E-state index contributed by atoms with van der Waals surface area (Å²) in [4.78, 5) is 0. The fourth-order valence-electron chi connectivity index (χ4n) is 2.10. The summed E-state index contributed by atoms with van der Waals surface area (Å²) in [5, 5.41) is 0.188. The quantitative estimate of drug-likeness (QED) is 0.868. The molecule has 100 valence electrons. The van der Waals surface area contributed by atoms with E-state index in [-0.39, 0.29) is 16.8 Å². The number of rotatable bonds is 4. The van der Waals surface area contributed by atoms with E-state index in [1.54, 1.807) is 6.07 Å². The zero-order valence-corrected chi connectivity index (χ0v) is 12.6. The fraction of sp³-hybridized carbons (Fsp3) is 0.200. The molecule has 0 saturated carbocycles. The van der Waals surface area contributed by atoms with Gasteiger partial charge in [0.15, 0.2) is 0 Å². The minimum absolute atomic E-state index is 0.106. The van der Waals surface area contributed by atoms with Crippen molar-refractivity contribution < 1.29 is 4.39 Å². The van der Waals surface area contributed by atoms with Crippen molar-refractivity contribution in [2.75, 3.05) is 6.54 Å². The molecule has 4 heteroatoms. The van der Waals surface area contributed by atoms with Gasteiger partial charge in [-0.2, -0.15) is 0 Å². The first-order valence-corrected chi connectivity index (χ1v) is 7.18. The van der Waals surface area contributed by atoms with Crippen molar-refractivity contribution in [3.05, 3.63) is 68.9 Å². The molecule has 1 nitrogen and oxygen atoms in total. The molecule has 0 aliphatic heterocycles. The maximum atomic E-state index is 13.4. The molecular weight excluding hydrogens is 329 g/mol. The zero-order chi connectivity index (χ0) is 13.8. The molecule has 0 aliphatic carbocycles. The molecule has 2 aromatic carbocycles. The molecule has 0 fully saturated rings. The molecule has 0 bridgehead atoms. The molecule has 0 saturated heterocycles. The molecule has 0 amide bonds. The van der Waals surface area contributed by atoms with Crippen LogP contribution in [-0.4, -0.2) is 6.54 Å². The molecule has 0 aliphatic rings. The number of halogens is 3. The maximum absolute atomic E-state index is 13.4. The molecule has 0 spiro atoms. The predicted molar refractivity (Wildman–Crippen MR) is 81.1 cm³/mol. The SMILES string of the molecule is NCC(Cc1cccc(F)c1Cl)c1ccccc1Br. The Morgan fingerprint density at radius 2 is 1.89 bits per heavy atom. The van der Waals surface area contributed by atoms with E-state index in [1.165, 1.54) is 6.07 Å². The van der Waals surface area contributed by atoms with Crippen LogP contribution in [0.1, 0.15) is 17.0 Å². The van der Waals surface area contributed by atoms with Crippen LogP contribution in [-0.2, 0) is 6.42 Å². The average molecular weight is 343 g/mol. The fourth-order valence-corrected chi connectivity index (χ4v) is 2.91. The molecule has 19 heavy (non-hydrogen) atoms. The van der Waals surface area contributed by atoms with Crippen LogP contribution in [0.2, 0.25) is 5.02 Å². The lowest BCUT2D eigenvalue weighted by Gasteiger charge is -2.17. The maximum Gasteiger partial charge on any atom is 0.142 e. The number of benzene rings is 2. The van der Waals surface area contributed by atoms with Crippen LogP contribution in [0.4, 0.5) is 4.39 Å². The van der Waals surface area contributed by atoms with Crippen molar-refractivity contribution in [2.24, 2.45) is 5.73 Å². The van der Waals surface area contributed by atoms with Gasteiger partial charge in [-0.05, 0) is 36.2 Å². The van der Waals surface area contributed by atoms with Gasteiger partial charge in [-0.3, -0.25) is 0 Å². The highest BCUT2D eigenvalue weighted by atomic mass is 79.9. The van der Waals surface area contributed by atoms with E-state index >= 15 is 0 Å². The summed E-state index contributed by atoms with van der Waals surface area (Å²) in [5.74, 6) is -0.281. The molecule has 0 heterocycles. The second-order valence-electron chi connectivity index (χ2n) is 4.37. The number of nitrogens with two attached hydrogens (primary N) is 1. The van der Waals surface area contributed by atoms with Crippen LogP contribution in [0.25, 0.3) is 0 Å². The van der Waals surface area contributed by atoms with Gasteiger partial charge in [0.1, 0.15) is 5.82 Å². The van der Waals surface area contributed by atoms with Crippen molar-refractivity contribution >= 4 is 27.5 Å². The van der Waals surface area contributed by atoms with Crippen LogP contribution in [0.5, 0.6) is 0 Å². The summed E-state index contributed by atoms with van der Waals surface area (Å²) in [5.41, 5.74) is 7.75. The Bertz CT molecular complexity index is 574. The van der Waals surface area contributed by atoms with Gasteiger partial charge in [0.05, 0.1) is 5.02 Å². The third-order valence-electron chi connectivity index (χ3n) is 3.13. The monoisotopic (exact) mass is 341 g/mol. The van der Waals surface area contributed by atoms with E-state index in [4.69, 9.17) is 17.3 Å². The van der Waals surface area contributed by atoms with Crippen LogP contribution in [0.15, 0.2) is 46.9 Å². The van der Waals surface area contributed by atoms with Crippen LogP contribution < -0.4 is 5.73 Å². The van der Waals surface area contributed by atoms with Gasteiger partial charge < -0.3 is 5.73 Å². The van der Waals surface area contributed by atoms with Gasteiger partial charge in [0.25, 0.3) is 0 Å². The summed E-state index contributed by atoms with van der Waals surface area (Å²) < 4.78 is 14.5. The van der Waals surface area contributed by atoms with Crippen molar-refractivity contribution in [1.82, 2.24) is 0 Å². The normalized spacial score (nSPS) is 12.4. The first-order chi connectivity index (χ1) is 9.13. The second-order valence-corrected chi connectivity index (χ2v) is 5.60. The topological polar surface area (TPSA) is 26.0 Å². The van der Waals surface area contributed by atoms with E-state index in [0.29, 0.717) is 13.0 Å². The molecule has 0 aromatic heterocycles. The number of hydrogen-bond donors (Lipinski definition) is 1. The highest BCUT2D eigenvalue weighted by Crippen LogP contribution is 2.30. The van der Waals surface area contributed by atoms with Crippen molar-refractivity contribution in [3.8, 4) is 0 Å². The molecule has 2 aromatic rings. The molecule has 2 rings (SSSR count). The second kappa shape index (κ2) is 6.51. The zero-order valence-electron chi connectivity index (χ0n) is 10.2. The lowest BCUT2D eigenvalue weighted by atomic mass is 9.92. The molecule has 1 unspecified atom stereocenters. The Labute approximate surface area is 125 Å². The van der Waals surface area contributed by atoms with E-state index in [9.17, 15) is 4.39 Å². The highest BCUT2D eigenvalue weighted by molar-refractivity contribution is 9.10. The predicted octanol–water partition coefficient (Wildman–Crippen LogP) is 4.53. The van der Waals surface area contributed by atoms with Gasteiger partial charge in [-0.1, -0.05) is 57.9 Å². The smallest absolute Gasteiger partial charge is 0.142 e. The van der Waals surface area contributed by atoms with Gasteiger partial charge in [-0.15, -0.1) is 0 Å². The van der Waals surface area contributed by atoms with Gasteiger partial charge >= 0.3 is 0 Å². The van der Waals surface area contributed by atoms with Gasteiger partial charge in [0, 0.05) is 10.4 Å². The van der Waals surface area contributed by atoms with Gasteiger partial charge in [0.2, 0.25) is 0 Å². The summed E-state index contributed by atoms with van der Waals surface area (Å²) in [6, 6.07) is 12.8. The molecule has 2 N–H and O–H groups in total. The first kappa shape index (κ1) is 14.5. The van der Waals surface area contributed by atoms with Crippen molar-refractivity contribution in [1.29, 1.82) is 0 Å². The third kappa shape index (κ3) is 3.35. The van der Waals surface area contributed by atoms with Crippen molar-refractivity contribution in [3.63, 3.8) is 0 Å². The Morgan fingerprint density at radius 3 is 2.58 bits per heavy atom. The highest BCUT2D eigenvalue weighted by Gasteiger charge is 2.16. The van der Waals surface area contributed by atoms with Crippen LogP contribution in [0, 0.1) is 5.82 Å². The van der Waals surface area contributed by atoms with E-state index in [2.05, 4.69) is 15.9 Å². The molecular formula is C15H14BrClFN. The van der Waals surface area contributed by atoms with E-state index in [1.807, 2.05) is 30.3 Å². The third-order valence-corrected chi connectivity index (χ3v) is 4.27. The number of hydrogen-bond acceptors (Lipinski definition) is 1. The van der Waals surface area contributed by atoms with E-state index < -0.39 is 0 Å². The molecule has 1 atom stereocenters. The first-order valence-electron chi connectivity index (χ1n) is 6.01. The standard InChI is InChI=1S/C15H14BrClFN/c16-13-6-2-1-5-12(13)11(9-19)8-10-4-3-7-14(18)15(10)17/h1-7,11H,8-9,19H2. The lowest BCUT2D eigenvalue weighted by Crippen LogP contribution is -2.16. The van der Waals surface area contributed by atoms with Crippen LogP contribution >= 0.6 is 27.5 Å². The lowest BCUT2D eigenvalue weighted by molar-refractivity contribution is 0.621. The van der Waals surface area contributed by atoms with E-state index in [0.717, 1.165) is 15.6 Å². The van der Waals surface area contributed by atoms with Crippen molar-refractivity contribution in [2.45, 2.75) is 12.3 Å². The summed E-state index contributed by atoms with van der Waals surface area (Å²) in [6.07, 6.45) is 0.621. The minimum Gasteiger partial charge on any atom is -0.330 e. The summed E-state index contributed by atoms with van der Waals surface area (Å²) >= 11 is 9.52. The largest absolute Gasteiger partial charge is 0.330 e. The average Bonchev–Trinajstić information content (AvgIpc) is 2.41.